The normalized spacial score (nSPS) is 11.4. The van der Waals surface area contributed by atoms with E-state index in [9.17, 15) is 4.39 Å². The first-order chi connectivity index (χ1) is 11.8. The van der Waals surface area contributed by atoms with Crippen LogP contribution in [-0.2, 0) is 0 Å². The van der Waals surface area contributed by atoms with Gasteiger partial charge >= 0.3 is 0 Å². The third-order valence-corrected chi connectivity index (χ3v) is 3.89. The fourth-order valence-electron chi connectivity index (χ4n) is 2.68. The van der Waals surface area contributed by atoms with Crippen molar-refractivity contribution in [2.45, 2.75) is 0 Å². The highest BCUT2D eigenvalue weighted by Crippen LogP contribution is 2.25. The summed E-state index contributed by atoms with van der Waals surface area (Å²) in [7, 11) is 0. The zero-order valence-electron chi connectivity index (χ0n) is 12.8. The molecule has 0 saturated heterocycles. The van der Waals surface area contributed by atoms with Gasteiger partial charge in [0.1, 0.15) is 5.82 Å². The van der Waals surface area contributed by atoms with Gasteiger partial charge in [0.25, 0.3) is 0 Å². The summed E-state index contributed by atoms with van der Waals surface area (Å²) in [6, 6.07) is 16.6. The van der Waals surface area contributed by atoms with Crippen LogP contribution in [0.2, 0.25) is 0 Å². The maximum atomic E-state index is 13.2. The molecule has 0 unspecified atom stereocenters. The molecule has 2 aromatic heterocycles. The number of hydrogen-bond donors (Lipinski definition) is 1. The summed E-state index contributed by atoms with van der Waals surface area (Å²) in [5, 5.41) is 8.43. The lowest BCUT2D eigenvalue weighted by atomic mass is 10.0. The zero-order chi connectivity index (χ0) is 16.4. The Balaban J connectivity index is 1.68. The summed E-state index contributed by atoms with van der Waals surface area (Å²) in [6.07, 6.45) is 7.30. The van der Waals surface area contributed by atoms with E-state index in [1.165, 1.54) is 12.1 Å². The minimum Gasteiger partial charge on any atom is -0.277 e. The minimum absolute atomic E-state index is 0.244. The number of aromatic nitrogens is 3. The van der Waals surface area contributed by atoms with Gasteiger partial charge in [0.15, 0.2) is 0 Å². The molecule has 0 aliphatic rings. The largest absolute Gasteiger partial charge is 0.277 e. The molecule has 0 amide bonds. The van der Waals surface area contributed by atoms with Crippen molar-refractivity contribution in [2.24, 2.45) is 0 Å². The van der Waals surface area contributed by atoms with E-state index in [4.69, 9.17) is 0 Å². The van der Waals surface area contributed by atoms with Gasteiger partial charge < -0.3 is 0 Å². The van der Waals surface area contributed by atoms with Crippen molar-refractivity contribution in [2.75, 3.05) is 0 Å². The molecule has 2 aromatic carbocycles. The molecule has 4 rings (SSSR count). The van der Waals surface area contributed by atoms with Gasteiger partial charge in [-0.25, -0.2) is 4.39 Å². The number of aromatic amines is 1. The molecule has 2 heterocycles. The first-order valence-electron chi connectivity index (χ1n) is 7.62. The Hall–Kier alpha value is -3.27. The lowest BCUT2D eigenvalue weighted by Gasteiger charge is -2.01. The molecule has 24 heavy (non-hydrogen) atoms. The molecule has 0 aliphatic heterocycles. The van der Waals surface area contributed by atoms with Crippen LogP contribution in [0.3, 0.4) is 0 Å². The Labute approximate surface area is 138 Å². The van der Waals surface area contributed by atoms with Crippen LogP contribution in [0, 0.1) is 5.82 Å². The molecule has 0 radical (unpaired) electrons. The average Bonchev–Trinajstić information content (AvgIpc) is 3.03. The van der Waals surface area contributed by atoms with Gasteiger partial charge in [-0.2, -0.15) is 5.10 Å². The molecular formula is C20H14FN3. The Morgan fingerprint density at radius 3 is 2.58 bits per heavy atom. The summed E-state index contributed by atoms with van der Waals surface area (Å²) in [6.45, 7) is 0. The van der Waals surface area contributed by atoms with Gasteiger partial charge in [-0.15, -0.1) is 0 Å². The number of pyridine rings is 1. The maximum Gasteiger partial charge on any atom is 0.123 e. The zero-order valence-corrected chi connectivity index (χ0v) is 12.8. The minimum atomic E-state index is -0.244. The fourth-order valence-corrected chi connectivity index (χ4v) is 2.68. The molecule has 3 nitrogen and oxygen atoms in total. The van der Waals surface area contributed by atoms with E-state index in [0.717, 1.165) is 33.3 Å². The summed E-state index contributed by atoms with van der Waals surface area (Å²) in [4.78, 5) is 4.04. The number of rotatable bonds is 3. The molecule has 0 saturated carbocycles. The van der Waals surface area contributed by atoms with Crippen LogP contribution >= 0.6 is 0 Å². The molecule has 0 atom stereocenters. The van der Waals surface area contributed by atoms with E-state index in [-0.39, 0.29) is 5.82 Å². The van der Waals surface area contributed by atoms with E-state index in [0.29, 0.717) is 0 Å². The number of nitrogens with zero attached hydrogens (tertiary/aromatic N) is 2. The summed E-state index contributed by atoms with van der Waals surface area (Å²) in [5.74, 6) is -0.244. The third-order valence-electron chi connectivity index (χ3n) is 3.89. The van der Waals surface area contributed by atoms with Crippen LogP contribution in [-0.4, -0.2) is 15.2 Å². The topological polar surface area (TPSA) is 41.6 Å². The van der Waals surface area contributed by atoms with Crippen molar-refractivity contribution in [1.82, 2.24) is 15.2 Å². The second kappa shape index (κ2) is 6.08. The molecule has 1 N–H and O–H groups in total. The fraction of sp³-hybridized carbons (Fsp3) is 0. The van der Waals surface area contributed by atoms with Gasteiger partial charge in [-0.1, -0.05) is 24.3 Å². The van der Waals surface area contributed by atoms with Crippen LogP contribution in [0.25, 0.3) is 34.2 Å². The van der Waals surface area contributed by atoms with Gasteiger partial charge in [0.05, 0.1) is 11.2 Å². The summed E-state index contributed by atoms with van der Waals surface area (Å²) >= 11 is 0. The van der Waals surface area contributed by atoms with Crippen LogP contribution in [0.1, 0.15) is 11.3 Å². The number of H-pyrrole nitrogens is 1. The lowest BCUT2D eigenvalue weighted by molar-refractivity contribution is 0.627. The van der Waals surface area contributed by atoms with Crippen molar-refractivity contribution in [1.29, 1.82) is 0 Å². The monoisotopic (exact) mass is 315 g/mol. The predicted molar refractivity (Wildman–Crippen MR) is 94.7 cm³/mol. The second-order valence-electron chi connectivity index (χ2n) is 5.49. The Kier molecular flexibility index (Phi) is 3.63. The molecule has 0 aliphatic carbocycles. The number of nitrogens with one attached hydrogen (secondary N) is 1. The van der Waals surface area contributed by atoms with Crippen molar-refractivity contribution in [3.8, 4) is 11.1 Å². The molecule has 0 spiro atoms. The number of hydrogen-bond acceptors (Lipinski definition) is 2. The van der Waals surface area contributed by atoms with Gasteiger partial charge in [-0.3, -0.25) is 10.1 Å². The number of benzene rings is 2. The number of fused-ring (bicyclic) bond motifs is 1. The molecule has 116 valence electrons. The van der Waals surface area contributed by atoms with E-state index < -0.39 is 0 Å². The first kappa shape index (κ1) is 14.3. The van der Waals surface area contributed by atoms with E-state index in [2.05, 4.69) is 27.3 Å². The Morgan fingerprint density at radius 2 is 1.75 bits per heavy atom. The van der Waals surface area contributed by atoms with E-state index >= 15 is 0 Å². The van der Waals surface area contributed by atoms with Crippen LogP contribution < -0.4 is 0 Å². The third kappa shape index (κ3) is 2.82. The van der Waals surface area contributed by atoms with E-state index in [1.807, 2.05) is 36.4 Å². The lowest BCUT2D eigenvalue weighted by Crippen LogP contribution is -1.79. The summed E-state index contributed by atoms with van der Waals surface area (Å²) < 4.78 is 13.2. The highest BCUT2D eigenvalue weighted by atomic mass is 19.1. The van der Waals surface area contributed by atoms with Crippen molar-refractivity contribution in [3.05, 3.63) is 84.1 Å². The maximum absolute atomic E-state index is 13.2. The molecule has 4 heteroatoms. The van der Waals surface area contributed by atoms with Gasteiger partial charge in [-0.05, 0) is 59.2 Å². The highest BCUT2D eigenvalue weighted by Gasteiger charge is 2.05. The van der Waals surface area contributed by atoms with Crippen LogP contribution in [0.4, 0.5) is 4.39 Å². The second-order valence-corrected chi connectivity index (χ2v) is 5.49. The first-order valence-corrected chi connectivity index (χ1v) is 7.62. The molecule has 0 fully saturated rings. The quantitative estimate of drug-likeness (QED) is 0.582. The summed E-state index contributed by atoms with van der Waals surface area (Å²) in [5.41, 5.74) is 4.81. The molecule has 0 bridgehead atoms. The van der Waals surface area contributed by atoms with Crippen molar-refractivity contribution in [3.63, 3.8) is 0 Å². The smallest absolute Gasteiger partial charge is 0.123 e. The van der Waals surface area contributed by atoms with Crippen LogP contribution in [0.5, 0.6) is 0 Å². The SMILES string of the molecule is Fc1cccc(C=Cc2n[nH]c3cc(-c4ccncc4)ccc23)c1. The van der Waals surface area contributed by atoms with Crippen molar-refractivity contribution < 1.29 is 4.39 Å². The van der Waals surface area contributed by atoms with Crippen molar-refractivity contribution >= 4 is 23.1 Å². The van der Waals surface area contributed by atoms with E-state index in [1.54, 1.807) is 18.5 Å². The predicted octanol–water partition coefficient (Wildman–Crippen LogP) is 4.93. The standard InChI is InChI=1S/C20H14FN3/c21-17-3-1-2-14(12-17)4-7-19-18-6-5-16(13-20(18)24-23-19)15-8-10-22-11-9-15/h1-13H,(H,23,24). The average molecular weight is 315 g/mol. The van der Waals surface area contributed by atoms with Gasteiger partial charge in [0, 0.05) is 17.8 Å². The number of halogens is 1. The highest BCUT2D eigenvalue weighted by molar-refractivity contribution is 5.92. The van der Waals surface area contributed by atoms with Crippen LogP contribution in [0.15, 0.2) is 67.0 Å². The molecular weight excluding hydrogens is 301 g/mol. The molecule has 4 aromatic rings. The Morgan fingerprint density at radius 1 is 0.875 bits per heavy atom. The van der Waals surface area contributed by atoms with Gasteiger partial charge in [0.2, 0.25) is 0 Å². The Bertz CT molecular complexity index is 1020.